The van der Waals surface area contributed by atoms with E-state index in [9.17, 15) is 4.79 Å². The zero-order valence-corrected chi connectivity index (χ0v) is 14.3. The zero-order chi connectivity index (χ0) is 17.1. The summed E-state index contributed by atoms with van der Waals surface area (Å²) in [4.78, 5) is 16.5. The van der Waals surface area contributed by atoms with Gasteiger partial charge in [-0.3, -0.25) is 9.78 Å². The summed E-state index contributed by atoms with van der Waals surface area (Å²) >= 11 is 0. The summed E-state index contributed by atoms with van der Waals surface area (Å²) in [5.41, 5.74) is 2.47. The first-order valence-electron chi connectivity index (χ1n) is 9.15. The Hall–Kier alpha value is -2.20. The molecule has 1 saturated heterocycles. The Bertz CT molecular complexity index is 704. The molecule has 1 amide bonds. The van der Waals surface area contributed by atoms with Crippen molar-refractivity contribution in [2.24, 2.45) is 11.8 Å². The maximum Gasteiger partial charge on any atom is 0.220 e. The fraction of sp³-hybridized carbons (Fsp3) is 0.429. The minimum absolute atomic E-state index is 0.144. The number of carbonyl (C=O) groups excluding carboxylic acids is 1. The summed E-state index contributed by atoms with van der Waals surface area (Å²) in [6, 6.07) is 14.7. The average Bonchev–Trinajstić information content (AvgIpc) is 3.09. The number of pyridine rings is 1. The predicted octanol–water partition coefficient (Wildman–Crippen LogP) is 2.78. The number of rotatable bonds is 6. The molecule has 25 heavy (non-hydrogen) atoms. The minimum atomic E-state index is 0.144. The SMILES string of the molecule is O=C(CCc1ccncc1)N[C@@H]1[C@@H](Cc2ccccc2)[C@H]2OCC[C@@H]12. The second-order valence-electron chi connectivity index (χ2n) is 7.09. The fourth-order valence-corrected chi connectivity index (χ4v) is 4.24. The van der Waals surface area contributed by atoms with E-state index in [1.807, 2.05) is 18.2 Å². The van der Waals surface area contributed by atoms with E-state index in [2.05, 4.69) is 34.6 Å². The molecule has 1 aromatic carbocycles. The van der Waals surface area contributed by atoms with Gasteiger partial charge in [-0.25, -0.2) is 0 Å². The molecule has 1 aliphatic carbocycles. The average molecular weight is 336 g/mol. The summed E-state index contributed by atoms with van der Waals surface area (Å²) in [6.07, 6.45) is 7.17. The number of hydrogen-bond acceptors (Lipinski definition) is 3. The van der Waals surface area contributed by atoms with E-state index in [-0.39, 0.29) is 11.9 Å². The molecule has 1 aromatic heterocycles. The van der Waals surface area contributed by atoms with Crippen LogP contribution in [0.5, 0.6) is 0 Å². The molecular weight excluding hydrogens is 312 g/mol. The van der Waals surface area contributed by atoms with Crippen LogP contribution < -0.4 is 5.32 Å². The highest BCUT2D eigenvalue weighted by Gasteiger charge is 2.53. The molecule has 2 aromatic rings. The van der Waals surface area contributed by atoms with Gasteiger partial charge in [-0.2, -0.15) is 0 Å². The van der Waals surface area contributed by atoms with Crippen LogP contribution in [0.25, 0.3) is 0 Å². The van der Waals surface area contributed by atoms with Crippen molar-refractivity contribution >= 4 is 5.91 Å². The number of carbonyl (C=O) groups is 1. The molecule has 0 unspecified atom stereocenters. The highest BCUT2D eigenvalue weighted by atomic mass is 16.5. The monoisotopic (exact) mass is 336 g/mol. The van der Waals surface area contributed by atoms with Crippen LogP contribution in [0.1, 0.15) is 24.0 Å². The number of nitrogens with one attached hydrogen (secondary N) is 1. The molecule has 2 aliphatic rings. The number of aromatic nitrogens is 1. The number of benzene rings is 1. The van der Waals surface area contributed by atoms with Gasteiger partial charge in [0.2, 0.25) is 5.91 Å². The number of nitrogens with zero attached hydrogens (tertiary/aromatic N) is 1. The lowest BCUT2D eigenvalue weighted by atomic mass is 9.64. The highest BCUT2D eigenvalue weighted by Crippen LogP contribution is 2.45. The third kappa shape index (κ3) is 3.59. The molecule has 0 spiro atoms. The van der Waals surface area contributed by atoms with E-state index >= 15 is 0 Å². The van der Waals surface area contributed by atoms with Gasteiger partial charge in [-0.05, 0) is 42.5 Å². The molecular formula is C21H24N2O2. The third-order valence-corrected chi connectivity index (χ3v) is 5.56. The maximum atomic E-state index is 12.4. The maximum absolute atomic E-state index is 12.4. The second-order valence-corrected chi connectivity index (χ2v) is 7.09. The lowest BCUT2D eigenvalue weighted by Crippen LogP contribution is -2.62. The third-order valence-electron chi connectivity index (χ3n) is 5.56. The smallest absolute Gasteiger partial charge is 0.220 e. The predicted molar refractivity (Wildman–Crippen MR) is 96.0 cm³/mol. The second kappa shape index (κ2) is 7.36. The number of ether oxygens (including phenoxy) is 1. The highest BCUT2D eigenvalue weighted by molar-refractivity contribution is 5.76. The van der Waals surface area contributed by atoms with Crippen molar-refractivity contribution in [3.63, 3.8) is 0 Å². The lowest BCUT2D eigenvalue weighted by Gasteiger charge is -2.48. The van der Waals surface area contributed by atoms with Gasteiger partial charge in [0.25, 0.3) is 0 Å². The quantitative estimate of drug-likeness (QED) is 0.882. The Kier molecular flexibility index (Phi) is 4.79. The molecule has 1 aliphatic heterocycles. The van der Waals surface area contributed by atoms with Crippen LogP contribution in [0.4, 0.5) is 0 Å². The summed E-state index contributed by atoms with van der Waals surface area (Å²) in [7, 11) is 0. The van der Waals surface area contributed by atoms with Crippen LogP contribution in [-0.2, 0) is 22.4 Å². The molecule has 4 heteroatoms. The van der Waals surface area contributed by atoms with Crippen LogP contribution >= 0.6 is 0 Å². The van der Waals surface area contributed by atoms with Crippen molar-refractivity contribution in [3.8, 4) is 0 Å². The van der Waals surface area contributed by atoms with Gasteiger partial charge in [0, 0.05) is 43.3 Å². The van der Waals surface area contributed by atoms with E-state index in [0.29, 0.717) is 24.4 Å². The van der Waals surface area contributed by atoms with Crippen molar-refractivity contribution in [2.75, 3.05) is 6.61 Å². The molecule has 0 radical (unpaired) electrons. The molecule has 1 saturated carbocycles. The standard InChI is InChI=1S/C21H24N2O2/c24-19(7-6-15-8-11-22-12-9-15)23-20-17-10-13-25-21(17)18(20)14-16-4-2-1-3-5-16/h1-5,8-9,11-12,17-18,20-21H,6-7,10,13-14H2,(H,23,24)/t17-,18+,20-,21-/m0/s1. The van der Waals surface area contributed by atoms with E-state index in [1.165, 1.54) is 5.56 Å². The van der Waals surface area contributed by atoms with Gasteiger partial charge >= 0.3 is 0 Å². The Morgan fingerprint density at radius 3 is 2.72 bits per heavy atom. The summed E-state index contributed by atoms with van der Waals surface area (Å²) < 4.78 is 5.92. The van der Waals surface area contributed by atoms with Gasteiger partial charge < -0.3 is 10.1 Å². The van der Waals surface area contributed by atoms with Gasteiger partial charge in [0.05, 0.1) is 6.10 Å². The van der Waals surface area contributed by atoms with Crippen LogP contribution in [0.15, 0.2) is 54.9 Å². The number of aryl methyl sites for hydroxylation is 1. The topological polar surface area (TPSA) is 51.2 Å². The van der Waals surface area contributed by atoms with Crippen molar-refractivity contribution < 1.29 is 9.53 Å². The molecule has 1 N–H and O–H groups in total. The molecule has 130 valence electrons. The Balaban J connectivity index is 1.35. The molecule has 4 nitrogen and oxygen atoms in total. The van der Waals surface area contributed by atoms with Gasteiger partial charge in [-0.1, -0.05) is 30.3 Å². The molecule has 4 rings (SSSR count). The first-order valence-corrected chi connectivity index (χ1v) is 9.15. The van der Waals surface area contributed by atoms with Gasteiger partial charge in [-0.15, -0.1) is 0 Å². The van der Waals surface area contributed by atoms with Crippen LogP contribution in [0.2, 0.25) is 0 Å². The van der Waals surface area contributed by atoms with Crippen LogP contribution in [0.3, 0.4) is 0 Å². The molecule has 0 bridgehead atoms. The summed E-state index contributed by atoms with van der Waals surface area (Å²) in [5, 5.41) is 3.29. The summed E-state index contributed by atoms with van der Waals surface area (Å²) in [5.74, 6) is 1.02. The molecule has 2 heterocycles. The largest absolute Gasteiger partial charge is 0.377 e. The van der Waals surface area contributed by atoms with Gasteiger partial charge in [0.1, 0.15) is 0 Å². The molecule has 4 atom stereocenters. The first-order chi connectivity index (χ1) is 12.3. The Morgan fingerprint density at radius 1 is 1.12 bits per heavy atom. The normalized spacial score (nSPS) is 27.4. The lowest BCUT2D eigenvalue weighted by molar-refractivity contribution is -0.127. The van der Waals surface area contributed by atoms with Gasteiger partial charge in [0.15, 0.2) is 0 Å². The van der Waals surface area contributed by atoms with E-state index in [4.69, 9.17) is 4.74 Å². The van der Waals surface area contributed by atoms with Crippen LogP contribution in [-0.4, -0.2) is 29.6 Å². The number of fused-ring (bicyclic) bond motifs is 1. The Morgan fingerprint density at radius 2 is 1.92 bits per heavy atom. The summed E-state index contributed by atoms with van der Waals surface area (Å²) in [6.45, 7) is 0.823. The van der Waals surface area contributed by atoms with Crippen LogP contribution in [0, 0.1) is 11.8 Å². The molecule has 2 fully saturated rings. The number of amides is 1. The van der Waals surface area contributed by atoms with E-state index < -0.39 is 0 Å². The van der Waals surface area contributed by atoms with E-state index in [1.54, 1.807) is 12.4 Å². The van der Waals surface area contributed by atoms with Crippen molar-refractivity contribution in [2.45, 2.75) is 37.8 Å². The first kappa shape index (κ1) is 16.3. The fourth-order valence-electron chi connectivity index (χ4n) is 4.24. The Labute approximate surface area is 148 Å². The number of hydrogen-bond donors (Lipinski definition) is 1. The van der Waals surface area contributed by atoms with Crippen molar-refractivity contribution in [1.29, 1.82) is 0 Å². The zero-order valence-electron chi connectivity index (χ0n) is 14.3. The minimum Gasteiger partial charge on any atom is -0.377 e. The van der Waals surface area contributed by atoms with Crippen molar-refractivity contribution in [1.82, 2.24) is 10.3 Å². The van der Waals surface area contributed by atoms with E-state index in [0.717, 1.165) is 31.4 Å². The van der Waals surface area contributed by atoms with Crippen molar-refractivity contribution in [3.05, 3.63) is 66.0 Å².